The van der Waals surface area contributed by atoms with Crippen LogP contribution in [0.2, 0.25) is 0 Å². The zero-order chi connectivity index (χ0) is 14.5. The van der Waals surface area contributed by atoms with Gasteiger partial charge in [0.05, 0.1) is 6.61 Å². The number of ether oxygens (including phenoxy) is 1. The lowest BCUT2D eigenvalue weighted by molar-refractivity contribution is 0.0692. The van der Waals surface area contributed by atoms with Crippen molar-refractivity contribution in [3.63, 3.8) is 0 Å². The molecule has 0 aliphatic carbocycles. The zero-order valence-corrected chi connectivity index (χ0v) is 11.7. The fraction of sp³-hybridized carbons (Fsp3) is 0.235. The Kier molecular flexibility index (Phi) is 4.41. The molecular formula is C17H18O3. The van der Waals surface area contributed by atoms with Crippen molar-refractivity contribution in [1.29, 1.82) is 0 Å². The van der Waals surface area contributed by atoms with Crippen LogP contribution in [0.15, 0.2) is 48.5 Å². The molecule has 0 saturated carbocycles. The van der Waals surface area contributed by atoms with E-state index in [0.29, 0.717) is 23.8 Å². The van der Waals surface area contributed by atoms with E-state index in [9.17, 15) is 9.90 Å². The van der Waals surface area contributed by atoms with Gasteiger partial charge >= 0.3 is 5.97 Å². The number of carboxylic acid groups (broad SMARTS) is 1. The third-order valence-corrected chi connectivity index (χ3v) is 2.90. The second-order valence-electron chi connectivity index (χ2n) is 5.05. The lowest BCUT2D eigenvalue weighted by Gasteiger charge is -2.14. The van der Waals surface area contributed by atoms with Crippen molar-refractivity contribution in [1.82, 2.24) is 0 Å². The first-order valence-electron chi connectivity index (χ1n) is 6.64. The van der Waals surface area contributed by atoms with Crippen LogP contribution in [0.4, 0.5) is 0 Å². The minimum atomic E-state index is -0.969. The van der Waals surface area contributed by atoms with Gasteiger partial charge in [-0.25, -0.2) is 4.79 Å². The van der Waals surface area contributed by atoms with Crippen LogP contribution in [0.1, 0.15) is 24.2 Å². The highest BCUT2D eigenvalue weighted by Crippen LogP contribution is 2.31. The Morgan fingerprint density at radius 3 is 2.40 bits per heavy atom. The quantitative estimate of drug-likeness (QED) is 0.890. The van der Waals surface area contributed by atoms with Crippen LogP contribution < -0.4 is 4.74 Å². The average molecular weight is 270 g/mol. The van der Waals surface area contributed by atoms with Crippen molar-refractivity contribution in [3.8, 4) is 16.9 Å². The first-order chi connectivity index (χ1) is 9.59. The van der Waals surface area contributed by atoms with Crippen LogP contribution in [0.3, 0.4) is 0 Å². The van der Waals surface area contributed by atoms with Crippen molar-refractivity contribution in [2.45, 2.75) is 13.8 Å². The summed E-state index contributed by atoms with van der Waals surface area (Å²) in [7, 11) is 0. The Labute approximate surface area is 118 Å². The highest BCUT2D eigenvalue weighted by Gasteiger charge is 2.17. The standard InChI is InChI=1S/C17H18O3/c1-12(2)11-20-15-10-6-9-14(16(15)17(18)19)13-7-4-3-5-8-13/h3-10,12H,11H2,1-2H3,(H,18,19). The Bertz CT molecular complexity index is 588. The number of hydrogen-bond acceptors (Lipinski definition) is 2. The predicted molar refractivity (Wildman–Crippen MR) is 79.2 cm³/mol. The summed E-state index contributed by atoms with van der Waals surface area (Å²) in [4.78, 5) is 11.6. The molecule has 0 bridgehead atoms. The average Bonchev–Trinajstić information content (AvgIpc) is 2.45. The molecule has 2 aromatic rings. The Balaban J connectivity index is 2.47. The maximum atomic E-state index is 11.6. The molecule has 20 heavy (non-hydrogen) atoms. The van der Waals surface area contributed by atoms with Crippen molar-refractivity contribution in [2.75, 3.05) is 6.61 Å². The van der Waals surface area contributed by atoms with Gasteiger partial charge in [-0.3, -0.25) is 0 Å². The fourth-order valence-electron chi connectivity index (χ4n) is 1.99. The molecule has 3 heteroatoms. The molecule has 3 nitrogen and oxygen atoms in total. The largest absolute Gasteiger partial charge is 0.492 e. The van der Waals surface area contributed by atoms with Gasteiger partial charge in [-0.15, -0.1) is 0 Å². The second kappa shape index (κ2) is 6.24. The van der Waals surface area contributed by atoms with E-state index < -0.39 is 5.97 Å². The van der Waals surface area contributed by atoms with Crippen LogP contribution in [0, 0.1) is 5.92 Å². The fourth-order valence-corrected chi connectivity index (χ4v) is 1.99. The highest BCUT2D eigenvalue weighted by molar-refractivity contribution is 5.99. The molecule has 0 saturated heterocycles. The summed E-state index contributed by atoms with van der Waals surface area (Å²) in [6.07, 6.45) is 0. The van der Waals surface area contributed by atoms with Gasteiger partial charge in [0.2, 0.25) is 0 Å². The second-order valence-corrected chi connectivity index (χ2v) is 5.05. The van der Waals surface area contributed by atoms with Crippen LogP contribution >= 0.6 is 0 Å². The molecule has 0 amide bonds. The number of hydrogen-bond donors (Lipinski definition) is 1. The predicted octanol–water partition coefficient (Wildman–Crippen LogP) is 4.09. The highest BCUT2D eigenvalue weighted by atomic mass is 16.5. The van der Waals surface area contributed by atoms with Gasteiger partial charge < -0.3 is 9.84 Å². The molecule has 0 radical (unpaired) electrons. The Morgan fingerprint density at radius 1 is 1.10 bits per heavy atom. The molecular weight excluding hydrogens is 252 g/mol. The monoisotopic (exact) mass is 270 g/mol. The maximum absolute atomic E-state index is 11.6. The van der Waals surface area contributed by atoms with Gasteiger partial charge in [-0.05, 0) is 23.1 Å². The summed E-state index contributed by atoms with van der Waals surface area (Å²) in [5.41, 5.74) is 1.78. The van der Waals surface area contributed by atoms with Crippen LogP contribution in [-0.4, -0.2) is 17.7 Å². The van der Waals surface area contributed by atoms with Crippen LogP contribution in [0.25, 0.3) is 11.1 Å². The number of aromatic carboxylic acids is 1. The normalized spacial score (nSPS) is 10.6. The van der Waals surface area contributed by atoms with Crippen molar-refractivity contribution in [3.05, 3.63) is 54.1 Å². The minimum absolute atomic E-state index is 0.222. The van der Waals surface area contributed by atoms with E-state index >= 15 is 0 Å². The van der Waals surface area contributed by atoms with E-state index in [2.05, 4.69) is 0 Å². The molecule has 0 heterocycles. The van der Waals surface area contributed by atoms with Crippen molar-refractivity contribution in [2.24, 2.45) is 5.92 Å². The molecule has 0 aromatic heterocycles. The third-order valence-electron chi connectivity index (χ3n) is 2.90. The molecule has 104 valence electrons. The van der Waals surface area contributed by atoms with E-state index in [1.807, 2.05) is 50.2 Å². The summed E-state index contributed by atoms with van der Waals surface area (Å²) in [5, 5.41) is 9.49. The van der Waals surface area contributed by atoms with Crippen LogP contribution in [0.5, 0.6) is 5.75 Å². The van der Waals surface area contributed by atoms with Crippen LogP contribution in [-0.2, 0) is 0 Å². The summed E-state index contributed by atoms with van der Waals surface area (Å²) in [6, 6.07) is 14.8. The molecule has 2 aromatic carbocycles. The van der Waals surface area contributed by atoms with Gasteiger partial charge in [0, 0.05) is 0 Å². The summed E-state index contributed by atoms with van der Waals surface area (Å²) >= 11 is 0. The molecule has 0 atom stereocenters. The van der Waals surface area contributed by atoms with Gasteiger partial charge in [-0.2, -0.15) is 0 Å². The van der Waals surface area contributed by atoms with Gasteiger partial charge in [0.15, 0.2) is 0 Å². The zero-order valence-electron chi connectivity index (χ0n) is 11.7. The lowest BCUT2D eigenvalue weighted by atomic mass is 9.99. The van der Waals surface area contributed by atoms with E-state index in [4.69, 9.17) is 4.74 Å². The maximum Gasteiger partial charge on any atom is 0.340 e. The van der Waals surface area contributed by atoms with Gasteiger partial charge in [0.1, 0.15) is 11.3 Å². The number of benzene rings is 2. The topological polar surface area (TPSA) is 46.5 Å². The molecule has 0 aliphatic heterocycles. The smallest absolute Gasteiger partial charge is 0.340 e. The first-order valence-corrected chi connectivity index (χ1v) is 6.64. The molecule has 0 unspecified atom stereocenters. The summed E-state index contributed by atoms with van der Waals surface area (Å²) < 4.78 is 5.64. The molecule has 0 aliphatic rings. The van der Waals surface area contributed by atoms with E-state index in [1.165, 1.54) is 0 Å². The number of carbonyl (C=O) groups is 1. The van der Waals surface area contributed by atoms with E-state index in [-0.39, 0.29) is 5.56 Å². The lowest BCUT2D eigenvalue weighted by Crippen LogP contribution is -2.09. The SMILES string of the molecule is CC(C)COc1cccc(-c2ccccc2)c1C(=O)O. The molecule has 0 spiro atoms. The van der Waals surface area contributed by atoms with Crippen molar-refractivity contribution < 1.29 is 14.6 Å². The minimum Gasteiger partial charge on any atom is -0.492 e. The Morgan fingerprint density at radius 2 is 1.80 bits per heavy atom. The van der Waals surface area contributed by atoms with Gasteiger partial charge in [-0.1, -0.05) is 56.3 Å². The number of rotatable bonds is 5. The molecule has 0 fully saturated rings. The van der Waals surface area contributed by atoms with Gasteiger partial charge in [0.25, 0.3) is 0 Å². The Hall–Kier alpha value is -2.29. The van der Waals surface area contributed by atoms with E-state index in [1.54, 1.807) is 12.1 Å². The van der Waals surface area contributed by atoms with Crippen molar-refractivity contribution >= 4 is 5.97 Å². The summed E-state index contributed by atoms with van der Waals surface area (Å²) in [5.74, 6) is -0.201. The third kappa shape index (κ3) is 3.18. The molecule has 2 rings (SSSR count). The molecule has 1 N–H and O–H groups in total. The van der Waals surface area contributed by atoms with E-state index in [0.717, 1.165) is 5.56 Å². The first kappa shape index (κ1) is 14.1. The summed E-state index contributed by atoms with van der Waals surface area (Å²) in [6.45, 7) is 4.56. The number of carboxylic acids is 1.